The molecule has 2 heterocycles. The molecular weight excluding hydrogens is 444 g/mol. The Morgan fingerprint density at radius 1 is 1.29 bits per heavy atom. The molecule has 2 amide bonds. The maximum atomic E-state index is 12.7. The fourth-order valence-corrected chi connectivity index (χ4v) is 5.01. The number of amides is 2. The number of carbonyl (C=O) groups is 3. The van der Waals surface area contributed by atoms with E-state index in [0.717, 1.165) is 4.81 Å². The van der Waals surface area contributed by atoms with Gasteiger partial charge in [0, 0.05) is 11.0 Å². The minimum Gasteiger partial charge on any atom is -0.609 e. The molecule has 2 unspecified atom stereocenters. The Morgan fingerprint density at radius 3 is 2.68 bits per heavy atom. The number of nitrogens with one attached hydrogen (secondary N) is 3. The van der Waals surface area contributed by atoms with E-state index in [1.165, 1.54) is 12.1 Å². The van der Waals surface area contributed by atoms with Crippen LogP contribution in [-0.2, 0) is 18.9 Å². The van der Waals surface area contributed by atoms with E-state index in [-0.39, 0.29) is 41.1 Å². The first-order chi connectivity index (χ1) is 14.5. The summed E-state index contributed by atoms with van der Waals surface area (Å²) in [5.41, 5.74) is 0.186. The lowest BCUT2D eigenvalue weighted by atomic mass is 9.59. The largest absolute Gasteiger partial charge is 0.609 e. The first kappa shape index (κ1) is 23.8. The third-order valence-electron chi connectivity index (χ3n) is 5.96. The Morgan fingerprint density at radius 2 is 2.00 bits per heavy atom. The summed E-state index contributed by atoms with van der Waals surface area (Å²) in [6.07, 6.45) is 0.566. The van der Waals surface area contributed by atoms with E-state index >= 15 is 0 Å². The molecule has 2 fully saturated rings. The van der Waals surface area contributed by atoms with Crippen LogP contribution in [0.1, 0.15) is 44.5 Å². The average Bonchev–Trinajstić information content (AvgIpc) is 3.16. The first-order valence-corrected chi connectivity index (χ1v) is 11.2. The summed E-state index contributed by atoms with van der Waals surface area (Å²) < 4.78 is 11.8. The summed E-state index contributed by atoms with van der Waals surface area (Å²) in [5.74, 6) is -1.53. The number of fused-ring (bicyclic) bond motifs is 1. The number of hydrogen-bond acceptors (Lipinski definition) is 5. The molecule has 0 spiro atoms. The third-order valence-corrected chi connectivity index (χ3v) is 6.52. The van der Waals surface area contributed by atoms with Crippen LogP contribution in [-0.4, -0.2) is 55.6 Å². The fraction of sp³-hybridized carbons (Fsp3) is 0.550. The van der Waals surface area contributed by atoms with Crippen LogP contribution >= 0.6 is 23.2 Å². The van der Waals surface area contributed by atoms with E-state index in [9.17, 15) is 14.4 Å². The van der Waals surface area contributed by atoms with E-state index in [1.807, 2.05) is 27.7 Å². The summed E-state index contributed by atoms with van der Waals surface area (Å²) in [4.78, 5) is 38.4. The van der Waals surface area contributed by atoms with E-state index < -0.39 is 24.4 Å². The van der Waals surface area contributed by atoms with Crippen molar-refractivity contribution in [3.8, 4) is 0 Å². The number of hydrogen-bond donors (Lipinski definition) is 3. The van der Waals surface area contributed by atoms with Crippen LogP contribution in [0.15, 0.2) is 18.2 Å². The van der Waals surface area contributed by atoms with E-state index in [0.29, 0.717) is 18.1 Å². The molecule has 2 aliphatic rings. The minimum atomic E-state index is -2.09. The van der Waals surface area contributed by atoms with Crippen molar-refractivity contribution in [2.75, 3.05) is 13.2 Å². The van der Waals surface area contributed by atoms with Crippen molar-refractivity contribution in [2.24, 2.45) is 5.92 Å². The van der Waals surface area contributed by atoms with Crippen molar-refractivity contribution in [1.82, 2.24) is 10.6 Å². The molecule has 11 heteroatoms. The van der Waals surface area contributed by atoms with Crippen LogP contribution in [0.3, 0.4) is 0 Å². The highest BCUT2D eigenvalue weighted by Crippen LogP contribution is 2.24. The van der Waals surface area contributed by atoms with Gasteiger partial charge >= 0.3 is 12.7 Å². The zero-order valence-corrected chi connectivity index (χ0v) is 19.5. The van der Waals surface area contributed by atoms with E-state index in [4.69, 9.17) is 32.5 Å². The van der Waals surface area contributed by atoms with Crippen LogP contribution in [0.5, 0.6) is 0 Å². The molecule has 5 atom stereocenters. The van der Waals surface area contributed by atoms with Crippen molar-refractivity contribution in [3.05, 3.63) is 33.8 Å². The van der Waals surface area contributed by atoms with Gasteiger partial charge in [-0.15, -0.1) is 0 Å². The van der Waals surface area contributed by atoms with Crippen LogP contribution < -0.4 is 15.4 Å². The Kier molecular flexibility index (Phi) is 7.20. The molecule has 0 aliphatic carbocycles. The van der Waals surface area contributed by atoms with Crippen molar-refractivity contribution in [3.63, 3.8) is 0 Å². The van der Waals surface area contributed by atoms with Crippen molar-refractivity contribution >= 4 is 47.7 Å². The molecule has 8 nitrogen and oxygen atoms in total. The van der Waals surface area contributed by atoms with Gasteiger partial charge in [-0.1, -0.05) is 43.5 Å². The molecule has 0 aromatic heterocycles. The monoisotopic (exact) mass is 471 g/mol. The van der Waals surface area contributed by atoms with Gasteiger partial charge < -0.3 is 24.8 Å². The Labute approximate surface area is 191 Å². The minimum absolute atomic E-state index is 0.0673. The fourth-order valence-electron chi connectivity index (χ4n) is 4.64. The van der Waals surface area contributed by atoms with Gasteiger partial charge in [-0.2, -0.15) is 0 Å². The van der Waals surface area contributed by atoms with Crippen LogP contribution in [0.25, 0.3) is 0 Å². The normalized spacial score (nSPS) is 28.2. The molecule has 0 bridgehead atoms. The molecule has 1 aromatic carbocycles. The number of halogens is 2. The van der Waals surface area contributed by atoms with Crippen molar-refractivity contribution in [2.45, 2.75) is 52.1 Å². The standard InChI is InChI=1S/C20H28BCl2N3O5/c1-11(2)7-17(21-26(12(3)10-30-21)13(4)20(29)31-21)25-18(27)9-24-19(28)15-8-14(22)5-6-16(15)23/h5-6,8,11-13,17,26H,7,9-10H2,1-4H3,(H,24,28)(H,25,27)/t12-,13-,17-,21?/m0/s1. The molecule has 3 rings (SSSR count). The lowest BCUT2D eigenvalue weighted by molar-refractivity contribution is -0.831. The van der Waals surface area contributed by atoms with Gasteiger partial charge in [-0.3, -0.25) is 9.59 Å². The quantitative estimate of drug-likeness (QED) is 0.515. The van der Waals surface area contributed by atoms with Gasteiger partial charge in [0.1, 0.15) is 6.04 Å². The van der Waals surface area contributed by atoms with Gasteiger partial charge in [0.2, 0.25) is 5.91 Å². The van der Waals surface area contributed by atoms with Gasteiger partial charge in [-0.25, -0.2) is 4.79 Å². The van der Waals surface area contributed by atoms with Gasteiger partial charge in [0.05, 0.1) is 29.8 Å². The topological polar surface area (TPSA) is 98.2 Å². The lowest BCUT2D eigenvalue weighted by Gasteiger charge is -2.40. The van der Waals surface area contributed by atoms with Crippen LogP contribution in [0.2, 0.25) is 10.0 Å². The van der Waals surface area contributed by atoms with Crippen LogP contribution in [0, 0.1) is 5.92 Å². The molecule has 170 valence electrons. The predicted octanol–water partition coefficient (Wildman–Crippen LogP) is 0.981. The molecule has 0 radical (unpaired) electrons. The Bertz CT molecular complexity index is 886. The van der Waals surface area contributed by atoms with Crippen molar-refractivity contribution < 1.29 is 28.5 Å². The Hall–Kier alpha value is -1.81. The highest BCUT2D eigenvalue weighted by Gasteiger charge is 2.64. The van der Waals surface area contributed by atoms with E-state index in [2.05, 4.69) is 10.6 Å². The van der Waals surface area contributed by atoms with Crippen LogP contribution in [0.4, 0.5) is 0 Å². The maximum absolute atomic E-state index is 12.7. The highest BCUT2D eigenvalue weighted by molar-refractivity contribution is 6.64. The molecule has 0 saturated carbocycles. The smallest absolute Gasteiger partial charge is 0.548 e. The number of quaternary nitrogens is 1. The van der Waals surface area contributed by atoms with Gasteiger partial charge in [0.15, 0.2) is 0 Å². The number of rotatable bonds is 7. The zero-order chi connectivity index (χ0) is 22.9. The van der Waals surface area contributed by atoms with Gasteiger partial charge in [0.25, 0.3) is 5.91 Å². The SMILES string of the molecule is CC(C)C[C@H](NC(=O)CNC(=O)c1cc(Cl)ccc1Cl)[B-]12OC[C@H](C)[NH+]1[C@@H](C)C(=O)O2. The molecular formula is C20H28BCl2N3O5. The second-order valence-electron chi connectivity index (χ2n) is 8.77. The van der Waals surface area contributed by atoms with E-state index in [1.54, 1.807) is 6.07 Å². The molecule has 2 saturated heterocycles. The average molecular weight is 472 g/mol. The maximum Gasteiger partial charge on any atom is 0.548 e. The lowest BCUT2D eigenvalue weighted by Crippen LogP contribution is -3.26. The highest BCUT2D eigenvalue weighted by atomic mass is 35.5. The Balaban J connectivity index is 1.71. The summed E-state index contributed by atoms with van der Waals surface area (Å²) >= 11 is 12.0. The predicted molar refractivity (Wildman–Crippen MR) is 118 cm³/mol. The molecule has 3 N–H and O–H groups in total. The second kappa shape index (κ2) is 9.36. The summed E-state index contributed by atoms with van der Waals surface area (Å²) in [7, 11) is 0. The van der Waals surface area contributed by atoms with Gasteiger partial charge in [-0.05, 0) is 38.0 Å². The molecule has 31 heavy (non-hydrogen) atoms. The summed E-state index contributed by atoms with van der Waals surface area (Å²) in [5, 5.41) is 6.10. The second-order valence-corrected chi connectivity index (χ2v) is 9.62. The molecule has 2 aliphatic heterocycles. The first-order valence-electron chi connectivity index (χ1n) is 10.5. The zero-order valence-electron chi connectivity index (χ0n) is 18.0. The summed E-state index contributed by atoms with van der Waals surface area (Å²) in [6.45, 7) is 5.95. The third kappa shape index (κ3) is 4.84. The molecule has 1 aromatic rings. The number of benzene rings is 1. The number of carbonyl (C=O) groups excluding carboxylic acids is 3. The summed E-state index contributed by atoms with van der Waals surface area (Å²) in [6, 6.07) is 4.23. The van der Waals surface area contributed by atoms with Crippen molar-refractivity contribution in [1.29, 1.82) is 0 Å².